The fraction of sp³-hybridized carbons (Fsp3) is 0.273. The summed E-state index contributed by atoms with van der Waals surface area (Å²) in [5.41, 5.74) is 5.92. The maximum atomic E-state index is 11.7. The molecule has 0 heterocycles. The summed E-state index contributed by atoms with van der Waals surface area (Å²) in [5, 5.41) is 7.98. The second-order valence-corrected chi connectivity index (χ2v) is 5.33. The molecule has 1 aromatic carbocycles. The summed E-state index contributed by atoms with van der Waals surface area (Å²) in [6, 6.07) is 6.03. The molecule has 0 bridgehead atoms. The molecule has 6 heteroatoms. The van der Waals surface area contributed by atoms with Crippen LogP contribution < -0.4 is 5.73 Å². The minimum absolute atomic E-state index is 0.169. The molecule has 5 nitrogen and oxygen atoms in total. The summed E-state index contributed by atoms with van der Waals surface area (Å²) in [4.78, 5) is 21.4. The number of carbonyl (C=O) groups is 2. The lowest BCUT2D eigenvalue weighted by molar-refractivity contribution is -0.117. The lowest BCUT2D eigenvalue weighted by atomic mass is 10.1. The van der Waals surface area contributed by atoms with Gasteiger partial charge in [-0.05, 0) is 24.6 Å². The number of carboxylic acid groups (broad SMARTS) is 1. The third-order valence-electron chi connectivity index (χ3n) is 2.30. The standard InChI is InChI=1S/C11H13NO4S/c1-7(10(12)13)17(16)6-8-2-4-9(5-3-8)11(14)15/h2-5,7H,6H2,1H3,(H2,12,13)(H,14,15). The van der Waals surface area contributed by atoms with E-state index in [1.54, 1.807) is 12.1 Å². The van der Waals surface area contributed by atoms with E-state index < -0.39 is 27.9 Å². The summed E-state index contributed by atoms with van der Waals surface area (Å²) in [6.45, 7) is 1.50. The van der Waals surface area contributed by atoms with Gasteiger partial charge in [-0.15, -0.1) is 0 Å². The molecule has 1 amide bonds. The molecule has 3 N–H and O–H groups in total. The molecule has 0 aliphatic carbocycles. The Hall–Kier alpha value is -1.69. The third-order valence-corrected chi connectivity index (χ3v) is 3.94. The highest BCUT2D eigenvalue weighted by Gasteiger charge is 2.17. The molecule has 1 aromatic rings. The van der Waals surface area contributed by atoms with Gasteiger partial charge in [0.2, 0.25) is 5.91 Å². The first-order valence-electron chi connectivity index (χ1n) is 4.90. The van der Waals surface area contributed by atoms with Crippen molar-refractivity contribution in [3.63, 3.8) is 0 Å². The van der Waals surface area contributed by atoms with Crippen LogP contribution in [0, 0.1) is 0 Å². The Morgan fingerprint density at radius 2 is 1.88 bits per heavy atom. The largest absolute Gasteiger partial charge is 0.478 e. The van der Waals surface area contributed by atoms with Gasteiger partial charge in [0.25, 0.3) is 0 Å². The predicted molar refractivity (Wildman–Crippen MR) is 63.9 cm³/mol. The van der Waals surface area contributed by atoms with E-state index in [2.05, 4.69) is 0 Å². The van der Waals surface area contributed by atoms with E-state index in [4.69, 9.17) is 10.8 Å². The molecule has 2 unspecified atom stereocenters. The molecule has 0 radical (unpaired) electrons. The van der Waals surface area contributed by atoms with Crippen molar-refractivity contribution in [2.45, 2.75) is 17.9 Å². The molecule has 0 saturated heterocycles. The highest BCUT2D eigenvalue weighted by molar-refractivity contribution is 7.85. The molecule has 0 aromatic heterocycles. The van der Waals surface area contributed by atoms with Crippen molar-refractivity contribution in [1.29, 1.82) is 0 Å². The number of hydrogen-bond acceptors (Lipinski definition) is 3. The Labute approximate surface area is 101 Å². The average molecular weight is 255 g/mol. The van der Waals surface area contributed by atoms with E-state index >= 15 is 0 Å². The molecular formula is C11H13NO4S. The predicted octanol–water partition coefficient (Wildman–Crippen LogP) is 0.507. The van der Waals surface area contributed by atoms with Gasteiger partial charge in [-0.2, -0.15) is 0 Å². The molecule has 0 fully saturated rings. The average Bonchev–Trinajstić information content (AvgIpc) is 2.28. The van der Waals surface area contributed by atoms with Crippen molar-refractivity contribution in [2.24, 2.45) is 5.73 Å². The fourth-order valence-electron chi connectivity index (χ4n) is 1.16. The number of hydrogen-bond donors (Lipinski definition) is 2. The number of aromatic carboxylic acids is 1. The molecule has 0 saturated carbocycles. The van der Waals surface area contributed by atoms with E-state index in [-0.39, 0.29) is 11.3 Å². The number of amides is 1. The van der Waals surface area contributed by atoms with Gasteiger partial charge in [-0.1, -0.05) is 12.1 Å². The SMILES string of the molecule is CC(C(N)=O)S(=O)Cc1ccc(C(=O)O)cc1. The van der Waals surface area contributed by atoms with Crippen LogP contribution in [-0.4, -0.2) is 26.4 Å². The molecular weight excluding hydrogens is 242 g/mol. The van der Waals surface area contributed by atoms with E-state index in [1.165, 1.54) is 19.1 Å². The van der Waals surface area contributed by atoms with Crippen molar-refractivity contribution >= 4 is 22.7 Å². The number of rotatable bonds is 5. The van der Waals surface area contributed by atoms with E-state index in [0.29, 0.717) is 5.56 Å². The second kappa shape index (κ2) is 5.58. The molecule has 0 aliphatic heterocycles. The Balaban J connectivity index is 2.73. The quantitative estimate of drug-likeness (QED) is 0.800. The van der Waals surface area contributed by atoms with Crippen molar-refractivity contribution in [3.05, 3.63) is 35.4 Å². The molecule has 2 atom stereocenters. The maximum absolute atomic E-state index is 11.7. The fourth-order valence-corrected chi connectivity index (χ4v) is 2.19. The zero-order valence-corrected chi connectivity index (χ0v) is 10.1. The van der Waals surface area contributed by atoms with Gasteiger partial charge in [0.1, 0.15) is 5.25 Å². The van der Waals surface area contributed by atoms with Crippen LogP contribution in [0.3, 0.4) is 0 Å². The normalized spacial score (nSPS) is 13.9. The van der Waals surface area contributed by atoms with Gasteiger partial charge < -0.3 is 10.8 Å². The van der Waals surface area contributed by atoms with E-state index in [1.807, 2.05) is 0 Å². The summed E-state index contributed by atoms with van der Waals surface area (Å²) in [7, 11) is -1.39. The zero-order valence-electron chi connectivity index (χ0n) is 9.25. The minimum Gasteiger partial charge on any atom is -0.478 e. The second-order valence-electron chi connectivity index (χ2n) is 3.57. The summed E-state index contributed by atoms with van der Waals surface area (Å²) in [6.07, 6.45) is 0. The first-order chi connectivity index (χ1) is 7.91. The number of carboxylic acids is 1. The van der Waals surface area contributed by atoms with Gasteiger partial charge in [0, 0.05) is 16.6 Å². The van der Waals surface area contributed by atoms with Crippen LogP contribution in [0.5, 0.6) is 0 Å². The van der Waals surface area contributed by atoms with Gasteiger partial charge in [0.15, 0.2) is 0 Å². The van der Waals surface area contributed by atoms with Crippen LogP contribution >= 0.6 is 0 Å². The number of carbonyl (C=O) groups excluding carboxylic acids is 1. The van der Waals surface area contributed by atoms with E-state index in [9.17, 15) is 13.8 Å². The maximum Gasteiger partial charge on any atom is 0.335 e. The summed E-state index contributed by atoms with van der Waals surface area (Å²) < 4.78 is 11.7. The van der Waals surface area contributed by atoms with E-state index in [0.717, 1.165) is 0 Å². The van der Waals surface area contributed by atoms with Crippen LogP contribution in [0.4, 0.5) is 0 Å². The molecule has 1 rings (SSSR count). The molecule has 0 aliphatic rings. The molecule has 0 spiro atoms. The van der Waals surface area contributed by atoms with Crippen LogP contribution in [0.15, 0.2) is 24.3 Å². The Kier molecular flexibility index (Phi) is 4.39. The lowest BCUT2D eigenvalue weighted by Crippen LogP contribution is -2.30. The molecule has 92 valence electrons. The van der Waals surface area contributed by atoms with Gasteiger partial charge in [-0.25, -0.2) is 4.79 Å². The van der Waals surface area contributed by atoms with Crippen molar-refractivity contribution in [3.8, 4) is 0 Å². The van der Waals surface area contributed by atoms with Gasteiger partial charge in [-0.3, -0.25) is 9.00 Å². The highest BCUT2D eigenvalue weighted by atomic mass is 32.2. The van der Waals surface area contributed by atoms with Crippen molar-refractivity contribution in [2.75, 3.05) is 0 Å². The van der Waals surface area contributed by atoms with Crippen LogP contribution in [0.2, 0.25) is 0 Å². The number of primary amides is 1. The highest BCUT2D eigenvalue weighted by Crippen LogP contribution is 2.09. The first kappa shape index (κ1) is 13.4. The van der Waals surface area contributed by atoms with Crippen molar-refractivity contribution in [1.82, 2.24) is 0 Å². The Bertz CT molecular complexity index is 455. The monoisotopic (exact) mass is 255 g/mol. The lowest BCUT2D eigenvalue weighted by Gasteiger charge is -2.07. The topological polar surface area (TPSA) is 97.5 Å². The van der Waals surface area contributed by atoms with Crippen LogP contribution in [0.25, 0.3) is 0 Å². The zero-order chi connectivity index (χ0) is 13.0. The number of nitrogens with two attached hydrogens (primary N) is 1. The Morgan fingerprint density at radius 3 is 2.29 bits per heavy atom. The smallest absolute Gasteiger partial charge is 0.335 e. The van der Waals surface area contributed by atoms with Crippen LogP contribution in [-0.2, 0) is 21.3 Å². The number of benzene rings is 1. The van der Waals surface area contributed by atoms with Gasteiger partial charge in [0.05, 0.1) is 5.56 Å². The van der Waals surface area contributed by atoms with Crippen LogP contribution in [0.1, 0.15) is 22.8 Å². The van der Waals surface area contributed by atoms with Crippen molar-refractivity contribution < 1.29 is 18.9 Å². The Morgan fingerprint density at radius 1 is 1.35 bits per heavy atom. The summed E-state index contributed by atoms with van der Waals surface area (Å²) >= 11 is 0. The summed E-state index contributed by atoms with van der Waals surface area (Å²) in [5.74, 6) is -1.43. The van der Waals surface area contributed by atoms with Gasteiger partial charge >= 0.3 is 5.97 Å². The minimum atomic E-state index is -1.39. The third kappa shape index (κ3) is 3.67. The molecule has 17 heavy (non-hydrogen) atoms. The first-order valence-corrected chi connectivity index (χ1v) is 6.28.